The van der Waals surface area contributed by atoms with Crippen LogP contribution in [0.25, 0.3) is 22.4 Å². The smallest absolute Gasteiger partial charge is 0.338 e. The SMILES string of the molecule is CCOC(=O)c1cccc(-c2nc3cc(C)c(C)cc3n2CC)c1. The van der Waals surface area contributed by atoms with Crippen molar-refractivity contribution < 1.29 is 9.53 Å². The minimum absolute atomic E-state index is 0.301. The monoisotopic (exact) mass is 322 g/mol. The number of hydrogen-bond acceptors (Lipinski definition) is 3. The van der Waals surface area contributed by atoms with Crippen LogP contribution < -0.4 is 0 Å². The fourth-order valence-electron chi connectivity index (χ4n) is 2.92. The quantitative estimate of drug-likeness (QED) is 0.664. The molecule has 0 fully saturated rings. The third-order valence-corrected chi connectivity index (χ3v) is 4.31. The average molecular weight is 322 g/mol. The molecular formula is C20H22N2O2. The van der Waals surface area contributed by atoms with Crippen LogP contribution in [-0.4, -0.2) is 22.1 Å². The van der Waals surface area contributed by atoms with Crippen molar-refractivity contribution in [2.45, 2.75) is 34.2 Å². The van der Waals surface area contributed by atoms with E-state index in [1.165, 1.54) is 11.1 Å². The topological polar surface area (TPSA) is 44.1 Å². The number of ether oxygens (including phenoxy) is 1. The highest BCUT2D eigenvalue weighted by atomic mass is 16.5. The molecule has 2 aromatic carbocycles. The lowest BCUT2D eigenvalue weighted by atomic mass is 10.1. The lowest BCUT2D eigenvalue weighted by Crippen LogP contribution is -2.05. The van der Waals surface area contributed by atoms with E-state index in [2.05, 4.69) is 37.5 Å². The molecule has 3 aromatic rings. The van der Waals surface area contributed by atoms with Gasteiger partial charge in [0.1, 0.15) is 5.82 Å². The maximum Gasteiger partial charge on any atom is 0.338 e. The Morgan fingerprint density at radius 3 is 2.58 bits per heavy atom. The van der Waals surface area contributed by atoms with Gasteiger partial charge in [0, 0.05) is 12.1 Å². The van der Waals surface area contributed by atoms with Crippen molar-refractivity contribution in [2.24, 2.45) is 0 Å². The van der Waals surface area contributed by atoms with Gasteiger partial charge in [0.15, 0.2) is 0 Å². The number of carbonyl (C=O) groups is 1. The maximum absolute atomic E-state index is 12.0. The number of carbonyl (C=O) groups excluding carboxylic acids is 1. The third kappa shape index (κ3) is 2.80. The number of aryl methyl sites for hydroxylation is 3. The van der Waals surface area contributed by atoms with Crippen molar-refractivity contribution in [3.63, 3.8) is 0 Å². The van der Waals surface area contributed by atoms with E-state index in [-0.39, 0.29) is 5.97 Å². The Balaban J connectivity index is 2.15. The van der Waals surface area contributed by atoms with Crippen molar-refractivity contribution in [1.82, 2.24) is 9.55 Å². The second-order valence-electron chi connectivity index (χ2n) is 5.91. The molecule has 1 heterocycles. The van der Waals surface area contributed by atoms with E-state index < -0.39 is 0 Å². The lowest BCUT2D eigenvalue weighted by Gasteiger charge is -2.08. The van der Waals surface area contributed by atoms with E-state index >= 15 is 0 Å². The van der Waals surface area contributed by atoms with E-state index in [1.54, 1.807) is 6.07 Å². The summed E-state index contributed by atoms with van der Waals surface area (Å²) in [6, 6.07) is 11.8. The number of rotatable bonds is 4. The van der Waals surface area contributed by atoms with Gasteiger partial charge < -0.3 is 9.30 Å². The molecule has 0 amide bonds. The van der Waals surface area contributed by atoms with Gasteiger partial charge in [-0.25, -0.2) is 9.78 Å². The fourth-order valence-corrected chi connectivity index (χ4v) is 2.92. The Bertz CT molecular complexity index is 909. The van der Waals surface area contributed by atoms with Crippen molar-refractivity contribution in [1.29, 1.82) is 0 Å². The van der Waals surface area contributed by atoms with Crippen LogP contribution in [0.4, 0.5) is 0 Å². The minimum atomic E-state index is -0.301. The van der Waals surface area contributed by atoms with Gasteiger partial charge >= 0.3 is 5.97 Å². The predicted octanol–water partition coefficient (Wildman–Crippen LogP) is 4.52. The van der Waals surface area contributed by atoms with E-state index in [4.69, 9.17) is 9.72 Å². The molecule has 124 valence electrons. The van der Waals surface area contributed by atoms with Crippen molar-refractivity contribution in [2.75, 3.05) is 6.61 Å². The molecule has 0 spiro atoms. The molecule has 4 heteroatoms. The van der Waals surface area contributed by atoms with Gasteiger partial charge in [-0.3, -0.25) is 0 Å². The standard InChI is InChI=1S/C20H22N2O2/c1-5-22-18-11-14(4)13(3)10-17(18)21-19(22)15-8-7-9-16(12-15)20(23)24-6-2/h7-12H,5-6H2,1-4H3. The first-order valence-corrected chi connectivity index (χ1v) is 8.30. The zero-order valence-electron chi connectivity index (χ0n) is 14.6. The van der Waals surface area contributed by atoms with Crippen LogP contribution >= 0.6 is 0 Å². The van der Waals surface area contributed by atoms with Gasteiger partial charge in [0.05, 0.1) is 23.2 Å². The van der Waals surface area contributed by atoms with Crippen LogP contribution in [0, 0.1) is 13.8 Å². The van der Waals surface area contributed by atoms with Gasteiger partial charge in [-0.05, 0) is 63.1 Å². The largest absolute Gasteiger partial charge is 0.462 e. The summed E-state index contributed by atoms with van der Waals surface area (Å²) in [6.07, 6.45) is 0. The predicted molar refractivity (Wildman–Crippen MR) is 96.3 cm³/mol. The molecule has 0 atom stereocenters. The number of imidazole rings is 1. The summed E-state index contributed by atoms with van der Waals surface area (Å²) < 4.78 is 7.29. The molecule has 0 aliphatic carbocycles. The Hall–Kier alpha value is -2.62. The van der Waals surface area contributed by atoms with Crippen molar-refractivity contribution in [3.8, 4) is 11.4 Å². The van der Waals surface area contributed by atoms with Crippen molar-refractivity contribution >= 4 is 17.0 Å². The summed E-state index contributed by atoms with van der Waals surface area (Å²) in [4.78, 5) is 16.8. The molecule has 0 aliphatic heterocycles. The molecule has 0 bridgehead atoms. The molecule has 4 nitrogen and oxygen atoms in total. The Kier molecular flexibility index (Phi) is 4.38. The molecular weight excluding hydrogens is 300 g/mol. The van der Waals surface area contributed by atoms with Crippen LogP contribution in [0.2, 0.25) is 0 Å². The van der Waals surface area contributed by atoms with E-state index in [0.29, 0.717) is 12.2 Å². The van der Waals surface area contributed by atoms with E-state index in [1.807, 2.05) is 25.1 Å². The Morgan fingerprint density at radius 1 is 1.12 bits per heavy atom. The van der Waals surface area contributed by atoms with Gasteiger partial charge in [-0.2, -0.15) is 0 Å². The number of esters is 1. The van der Waals surface area contributed by atoms with E-state index in [0.717, 1.165) is 29.0 Å². The number of benzene rings is 2. The molecule has 0 saturated heterocycles. The van der Waals surface area contributed by atoms with E-state index in [9.17, 15) is 4.79 Å². The van der Waals surface area contributed by atoms with Crippen LogP contribution in [0.3, 0.4) is 0 Å². The maximum atomic E-state index is 12.0. The second kappa shape index (κ2) is 6.48. The molecule has 0 N–H and O–H groups in total. The summed E-state index contributed by atoms with van der Waals surface area (Å²) >= 11 is 0. The first-order valence-electron chi connectivity index (χ1n) is 8.30. The summed E-state index contributed by atoms with van der Waals surface area (Å²) in [5, 5.41) is 0. The molecule has 0 radical (unpaired) electrons. The highest BCUT2D eigenvalue weighted by Gasteiger charge is 2.14. The van der Waals surface area contributed by atoms with Gasteiger partial charge in [0.2, 0.25) is 0 Å². The highest BCUT2D eigenvalue weighted by Crippen LogP contribution is 2.27. The molecule has 24 heavy (non-hydrogen) atoms. The zero-order chi connectivity index (χ0) is 17.3. The molecule has 1 aromatic heterocycles. The van der Waals surface area contributed by atoms with Gasteiger partial charge in [0.25, 0.3) is 0 Å². The Labute approximate surface area is 142 Å². The number of aromatic nitrogens is 2. The number of nitrogens with zero attached hydrogens (tertiary/aromatic N) is 2. The van der Waals surface area contributed by atoms with Crippen molar-refractivity contribution in [3.05, 3.63) is 53.1 Å². The zero-order valence-corrected chi connectivity index (χ0v) is 14.6. The molecule has 3 rings (SSSR count). The van der Waals surface area contributed by atoms with Gasteiger partial charge in [-0.1, -0.05) is 12.1 Å². The molecule has 0 unspecified atom stereocenters. The first kappa shape index (κ1) is 16.2. The summed E-state index contributed by atoms with van der Waals surface area (Å²) in [5.74, 6) is 0.578. The molecule has 0 aliphatic rings. The molecule has 0 saturated carbocycles. The number of hydrogen-bond donors (Lipinski definition) is 0. The minimum Gasteiger partial charge on any atom is -0.462 e. The van der Waals surface area contributed by atoms with Crippen LogP contribution in [0.15, 0.2) is 36.4 Å². The van der Waals surface area contributed by atoms with Crippen LogP contribution in [-0.2, 0) is 11.3 Å². The Morgan fingerprint density at radius 2 is 1.88 bits per heavy atom. The second-order valence-corrected chi connectivity index (χ2v) is 5.91. The fraction of sp³-hybridized carbons (Fsp3) is 0.300. The summed E-state index contributed by atoms with van der Waals surface area (Å²) in [7, 11) is 0. The summed E-state index contributed by atoms with van der Waals surface area (Å²) in [6.45, 7) is 9.31. The first-order chi connectivity index (χ1) is 11.5. The highest BCUT2D eigenvalue weighted by molar-refractivity contribution is 5.91. The lowest BCUT2D eigenvalue weighted by molar-refractivity contribution is 0.0526. The van der Waals surface area contributed by atoms with Gasteiger partial charge in [-0.15, -0.1) is 0 Å². The van der Waals surface area contributed by atoms with Crippen LogP contribution in [0.1, 0.15) is 35.3 Å². The third-order valence-electron chi connectivity index (χ3n) is 4.31. The number of fused-ring (bicyclic) bond motifs is 1. The van der Waals surface area contributed by atoms with Crippen LogP contribution in [0.5, 0.6) is 0 Å². The average Bonchev–Trinajstić information content (AvgIpc) is 2.93. The summed E-state index contributed by atoms with van der Waals surface area (Å²) in [5.41, 5.74) is 6.07. The normalized spacial score (nSPS) is 11.0.